The van der Waals surface area contributed by atoms with E-state index in [1.54, 1.807) is 43.2 Å². The van der Waals surface area contributed by atoms with Gasteiger partial charge in [0.2, 0.25) is 5.91 Å². The lowest BCUT2D eigenvalue weighted by Gasteiger charge is -2.16. The molecule has 0 saturated heterocycles. The third-order valence-electron chi connectivity index (χ3n) is 6.24. The molecule has 5 rings (SSSR count). The molecule has 0 aliphatic heterocycles. The number of nitrogens with one attached hydrogen (secondary N) is 2. The third-order valence-corrected chi connectivity index (χ3v) is 6.24. The Hall–Kier alpha value is -4.63. The summed E-state index contributed by atoms with van der Waals surface area (Å²) in [5.41, 5.74) is 3.39. The number of carbonyl (C=O) groups excluding carboxylic acids is 1. The van der Waals surface area contributed by atoms with E-state index in [0.717, 1.165) is 27.7 Å². The lowest BCUT2D eigenvalue weighted by atomic mass is 10.1. The number of amides is 1. The summed E-state index contributed by atoms with van der Waals surface area (Å²) < 4.78 is 17.2. The number of aromatic nitrogens is 4. The van der Waals surface area contributed by atoms with Gasteiger partial charge in [0.1, 0.15) is 5.82 Å². The number of pyridine rings is 1. The smallest absolute Gasteiger partial charge is 0.294 e. The largest absolute Gasteiger partial charge is 0.315 e. The fourth-order valence-corrected chi connectivity index (χ4v) is 4.14. The topological polar surface area (TPSA) is 93.8 Å². The number of benzene rings is 2. The van der Waals surface area contributed by atoms with Gasteiger partial charge in [-0.15, -0.1) is 0 Å². The van der Waals surface area contributed by atoms with Gasteiger partial charge in [-0.3, -0.25) is 19.1 Å². The minimum atomic E-state index is -0.491. The van der Waals surface area contributed by atoms with Gasteiger partial charge < -0.3 is 15.2 Å². The van der Waals surface area contributed by atoms with Crippen LogP contribution < -0.4 is 16.2 Å². The Kier molecular flexibility index (Phi) is 6.61. The zero-order valence-electron chi connectivity index (χ0n) is 20.4. The summed E-state index contributed by atoms with van der Waals surface area (Å²) in [4.78, 5) is 34.6. The van der Waals surface area contributed by atoms with Crippen molar-refractivity contribution in [3.05, 3.63) is 107 Å². The highest BCUT2D eigenvalue weighted by atomic mass is 19.1. The number of anilines is 1. The van der Waals surface area contributed by atoms with Crippen molar-refractivity contribution in [1.82, 2.24) is 24.4 Å². The molecule has 0 saturated carbocycles. The lowest BCUT2D eigenvalue weighted by molar-refractivity contribution is -0.117. The number of carbonyl (C=O) groups is 1. The average Bonchev–Trinajstić information content (AvgIpc) is 3.34. The van der Waals surface area contributed by atoms with E-state index in [0.29, 0.717) is 5.69 Å². The SMILES string of the molecule is CN[C@@H](C)C(=O)Nc1ncc(-c2ccccc2)n(Cc2cncc(-n3ccc4cc(F)ccc43)c2)c1=O. The molecule has 0 bridgehead atoms. The van der Waals surface area contributed by atoms with Crippen LogP contribution in [0.25, 0.3) is 27.8 Å². The molecule has 0 radical (unpaired) electrons. The first kappa shape index (κ1) is 24.1. The Morgan fingerprint density at radius 2 is 1.86 bits per heavy atom. The highest BCUT2D eigenvalue weighted by molar-refractivity contribution is 5.93. The van der Waals surface area contributed by atoms with E-state index in [1.165, 1.54) is 12.1 Å². The van der Waals surface area contributed by atoms with Crippen LogP contribution in [0.1, 0.15) is 12.5 Å². The molecular weight excluding hydrogens is 471 g/mol. The summed E-state index contributed by atoms with van der Waals surface area (Å²) in [6.07, 6.45) is 6.85. The fourth-order valence-electron chi connectivity index (χ4n) is 4.14. The third kappa shape index (κ3) is 4.89. The van der Waals surface area contributed by atoms with Crippen LogP contribution in [-0.2, 0) is 11.3 Å². The Bertz CT molecular complexity index is 1640. The van der Waals surface area contributed by atoms with Crippen LogP contribution in [0.3, 0.4) is 0 Å². The van der Waals surface area contributed by atoms with E-state index in [9.17, 15) is 14.0 Å². The van der Waals surface area contributed by atoms with Crippen molar-refractivity contribution >= 4 is 22.6 Å². The molecule has 9 heteroatoms. The van der Waals surface area contributed by atoms with E-state index >= 15 is 0 Å². The Labute approximate surface area is 212 Å². The average molecular weight is 497 g/mol. The van der Waals surface area contributed by atoms with E-state index in [2.05, 4.69) is 20.6 Å². The Morgan fingerprint density at radius 3 is 2.65 bits per heavy atom. The minimum absolute atomic E-state index is 0.0469. The van der Waals surface area contributed by atoms with Gasteiger partial charge in [0.25, 0.3) is 5.56 Å². The number of hydrogen-bond donors (Lipinski definition) is 2. The van der Waals surface area contributed by atoms with Crippen molar-refractivity contribution in [3.8, 4) is 16.9 Å². The number of hydrogen-bond acceptors (Lipinski definition) is 5. The van der Waals surface area contributed by atoms with Crippen LogP contribution in [0.5, 0.6) is 0 Å². The minimum Gasteiger partial charge on any atom is -0.315 e. The normalized spacial score (nSPS) is 12.0. The van der Waals surface area contributed by atoms with Crippen molar-refractivity contribution < 1.29 is 9.18 Å². The number of halogens is 1. The van der Waals surface area contributed by atoms with Gasteiger partial charge in [0, 0.05) is 17.8 Å². The van der Waals surface area contributed by atoms with E-state index in [4.69, 9.17) is 0 Å². The molecule has 186 valence electrons. The molecule has 8 nitrogen and oxygen atoms in total. The van der Waals surface area contributed by atoms with E-state index < -0.39 is 11.6 Å². The first-order chi connectivity index (χ1) is 17.9. The molecule has 0 aliphatic rings. The second kappa shape index (κ2) is 10.2. The quantitative estimate of drug-likeness (QED) is 0.356. The van der Waals surface area contributed by atoms with Crippen LogP contribution in [0.4, 0.5) is 10.2 Å². The first-order valence-corrected chi connectivity index (χ1v) is 11.8. The number of nitrogens with zero attached hydrogens (tertiary/aromatic N) is 4. The number of rotatable bonds is 7. The molecule has 0 fully saturated rings. The van der Waals surface area contributed by atoms with E-state index in [1.807, 2.05) is 53.2 Å². The molecule has 1 atom stereocenters. The second-order valence-electron chi connectivity index (χ2n) is 8.69. The van der Waals surface area contributed by atoms with Crippen molar-refractivity contribution in [2.75, 3.05) is 12.4 Å². The van der Waals surface area contributed by atoms with Crippen LogP contribution >= 0.6 is 0 Å². The monoisotopic (exact) mass is 496 g/mol. The van der Waals surface area contributed by atoms with Crippen molar-refractivity contribution in [1.29, 1.82) is 0 Å². The van der Waals surface area contributed by atoms with Crippen LogP contribution in [-0.4, -0.2) is 38.1 Å². The Morgan fingerprint density at radius 1 is 1.05 bits per heavy atom. The predicted octanol–water partition coefficient (Wildman–Crippen LogP) is 3.98. The summed E-state index contributed by atoms with van der Waals surface area (Å²) in [5.74, 6) is -0.699. The maximum absolute atomic E-state index is 13.7. The summed E-state index contributed by atoms with van der Waals surface area (Å²) in [6.45, 7) is 1.90. The van der Waals surface area contributed by atoms with Crippen molar-refractivity contribution in [2.24, 2.45) is 0 Å². The molecule has 37 heavy (non-hydrogen) atoms. The fraction of sp³-hybridized carbons (Fsp3) is 0.143. The Balaban J connectivity index is 1.56. The van der Waals surface area contributed by atoms with Gasteiger partial charge in [-0.25, -0.2) is 9.37 Å². The van der Waals surface area contributed by atoms with Gasteiger partial charge in [-0.05, 0) is 55.4 Å². The molecule has 2 aromatic carbocycles. The van der Waals surface area contributed by atoms with Gasteiger partial charge in [-0.2, -0.15) is 0 Å². The summed E-state index contributed by atoms with van der Waals surface area (Å²) >= 11 is 0. The predicted molar refractivity (Wildman–Crippen MR) is 141 cm³/mol. The summed E-state index contributed by atoms with van der Waals surface area (Å²) in [7, 11) is 1.67. The molecule has 1 amide bonds. The number of likely N-dealkylation sites (N-methyl/N-ethyl adjacent to an activating group) is 1. The molecule has 5 aromatic rings. The molecule has 3 aromatic heterocycles. The zero-order chi connectivity index (χ0) is 25.9. The highest BCUT2D eigenvalue weighted by Gasteiger charge is 2.17. The highest BCUT2D eigenvalue weighted by Crippen LogP contribution is 2.23. The van der Waals surface area contributed by atoms with E-state index in [-0.39, 0.29) is 24.1 Å². The summed E-state index contributed by atoms with van der Waals surface area (Å²) in [5, 5.41) is 6.26. The van der Waals surface area contributed by atoms with Gasteiger partial charge in [0.15, 0.2) is 5.82 Å². The molecule has 0 aliphatic carbocycles. The second-order valence-corrected chi connectivity index (χ2v) is 8.69. The van der Waals surface area contributed by atoms with Crippen molar-refractivity contribution in [3.63, 3.8) is 0 Å². The molecule has 3 heterocycles. The lowest BCUT2D eigenvalue weighted by Crippen LogP contribution is -2.38. The molecule has 2 N–H and O–H groups in total. The molecule has 0 unspecified atom stereocenters. The molecular formula is C28H25FN6O2. The van der Waals surface area contributed by atoms with Crippen LogP contribution in [0, 0.1) is 5.82 Å². The van der Waals surface area contributed by atoms with Gasteiger partial charge >= 0.3 is 0 Å². The molecule has 0 spiro atoms. The summed E-state index contributed by atoms with van der Waals surface area (Å²) in [6, 6.07) is 17.4. The van der Waals surface area contributed by atoms with Gasteiger partial charge in [0.05, 0.1) is 41.9 Å². The van der Waals surface area contributed by atoms with Gasteiger partial charge in [-0.1, -0.05) is 30.3 Å². The zero-order valence-corrected chi connectivity index (χ0v) is 20.4. The maximum Gasteiger partial charge on any atom is 0.294 e. The van der Waals surface area contributed by atoms with Crippen molar-refractivity contribution in [2.45, 2.75) is 19.5 Å². The van der Waals surface area contributed by atoms with Crippen LogP contribution in [0.15, 0.2) is 90.2 Å². The standard InChI is InChI=1S/C28H25FN6O2/c1-18(30-2)27(36)33-26-28(37)35(25(16-32-26)20-6-4-3-5-7-20)17-19-12-23(15-31-14-19)34-11-10-21-13-22(29)8-9-24(21)34/h3-16,18,30H,17H2,1-2H3,(H,32,33,36)/t18-/m0/s1. The number of fused-ring (bicyclic) bond motifs is 1. The van der Waals surface area contributed by atoms with Crippen LogP contribution in [0.2, 0.25) is 0 Å². The first-order valence-electron chi connectivity index (χ1n) is 11.8. The maximum atomic E-state index is 13.7.